The summed E-state index contributed by atoms with van der Waals surface area (Å²) in [4.78, 5) is 4.07. The lowest BCUT2D eigenvalue weighted by Crippen LogP contribution is -1.97. The third-order valence-corrected chi connectivity index (χ3v) is 3.91. The van der Waals surface area contributed by atoms with E-state index in [1.165, 1.54) is 22.4 Å². The van der Waals surface area contributed by atoms with Gasteiger partial charge in [0.15, 0.2) is 0 Å². The number of aromatic nitrogens is 3. The Hall–Kier alpha value is -2.42. The molecule has 1 unspecified atom stereocenters. The molecule has 0 bridgehead atoms. The van der Waals surface area contributed by atoms with Crippen LogP contribution in [0.3, 0.4) is 0 Å². The van der Waals surface area contributed by atoms with E-state index >= 15 is 0 Å². The predicted molar refractivity (Wildman–Crippen MR) is 85.0 cm³/mol. The second kappa shape index (κ2) is 6.35. The molecule has 21 heavy (non-hydrogen) atoms. The van der Waals surface area contributed by atoms with E-state index in [0.717, 1.165) is 12.8 Å². The van der Waals surface area contributed by atoms with Crippen LogP contribution in [0.1, 0.15) is 30.5 Å². The normalized spacial score (nSPS) is 12.2. The maximum atomic E-state index is 4.20. The first-order valence-electron chi connectivity index (χ1n) is 7.32. The van der Waals surface area contributed by atoms with Crippen LogP contribution in [0.4, 0.5) is 0 Å². The molecule has 3 aromatic rings. The van der Waals surface area contributed by atoms with Crippen LogP contribution in [0.2, 0.25) is 0 Å². The Morgan fingerprint density at radius 1 is 1.05 bits per heavy atom. The molecule has 1 atom stereocenters. The Balaban J connectivity index is 1.71. The van der Waals surface area contributed by atoms with Crippen LogP contribution in [0, 0.1) is 0 Å². The summed E-state index contributed by atoms with van der Waals surface area (Å²) in [6.45, 7) is 2.28. The van der Waals surface area contributed by atoms with Crippen molar-refractivity contribution in [3.8, 4) is 11.1 Å². The monoisotopic (exact) mass is 277 g/mol. The number of aryl methyl sites for hydroxylation is 1. The fourth-order valence-electron chi connectivity index (χ4n) is 2.59. The lowest BCUT2D eigenvalue weighted by molar-refractivity contribution is 0.670. The van der Waals surface area contributed by atoms with Crippen molar-refractivity contribution in [2.45, 2.75) is 25.7 Å². The van der Waals surface area contributed by atoms with E-state index in [4.69, 9.17) is 0 Å². The molecule has 106 valence electrons. The molecule has 1 aromatic carbocycles. The number of hydrogen-bond donors (Lipinski definition) is 1. The molecule has 2 aromatic heterocycles. The smallest absolute Gasteiger partial charge is 0.0568 e. The fourth-order valence-corrected chi connectivity index (χ4v) is 2.59. The third-order valence-electron chi connectivity index (χ3n) is 3.91. The molecule has 1 N–H and O–H groups in total. The number of pyridine rings is 1. The Kier molecular flexibility index (Phi) is 4.10. The first kappa shape index (κ1) is 13.6. The first-order chi connectivity index (χ1) is 10.3. The van der Waals surface area contributed by atoms with E-state index in [1.807, 2.05) is 30.7 Å². The summed E-state index contributed by atoms with van der Waals surface area (Å²) in [6.07, 6.45) is 7.63. The van der Waals surface area contributed by atoms with Crippen molar-refractivity contribution in [1.29, 1.82) is 0 Å². The highest BCUT2D eigenvalue weighted by molar-refractivity contribution is 5.64. The number of rotatable bonds is 5. The van der Waals surface area contributed by atoms with E-state index in [2.05, 4.69) is 52.4 Å². The van der Waals surface area contributed by atoms with Gasteiger partial charge in [0, 0.05) is 23.7 Å². The number of nitrogens with zero attached hydrogens (tertiary/aromatic N) is 2. The van der Waals surface area contributed by atoms with Gasteiger partial charge in [0.2, 0.25) is 0 Å². The van der Waals surface area contributed by atoms with E-state index in [0.29, 0.717) is 5.92 Å². The molecule has 0 aliphatic rings. The van der Waals surface area contributed by atoms with Crippen molar-refractivity contribution in [2.75, 3.05) is 0 Å². The predicted octanol–water partition coefficient (Wildman–Crippen LogP) is 4.21. The van der Waals surface area contributed by atoms with Crippen molar-refractivity contribution in [3.63, 3.8) is 0 Å². The second-order valence-electron chi connectivity index (χ2n) is 5.35. The van der Waals surface area contributed by atoms with Gasteiger partial charge in [0.05, 0.1) is 6.20 Å². The molecule has 0 fully saturated rings. The minimum Gasteiger partial charge on any atom is -0.282 e. The second-order valence-corrected chi connectivity index (χ2v) is 5.35. The molecule has 0 radical (unpaired) electrons. The van der Waals surface area contributed by atoms with Crippen LogP contribution < -0.4 is 0 Å². The fraction of sp³-hybridized carbons (Fsp3) is 0.222. The Morgan fingerprint density at radius 2 is 1.81 bits per heavy atom. The third kappa shape index (κ3) is 3.19. The number of aromatic amines is 1. The van der Waals surface area contributed by atoms with Crippen LogP contribution in [0.5, 0.6) is 0 Å². The maximum Gasteiger partial charge on any atom is 0.0568 e. The largest absolute Gasteiger partial charge is 0.282 e. The van der Waals surface area contributed by atoms with Gasteiger partial charge in [0.25, 0.3) is 0 Å². The summed E-state index contributed by atoms with van der Waals surface area (Å²) in [5, 5.41) is 7.34. The SMILES string of the molecule is CC(CCc1[nH]ncc1-c1ccncc1)c1ccccc1. The molecular formula is C18H19N3. The highest BCUT2D eigenvalue weighted by atomic mass is 15.1. The Morgan fingerprint density at radius 3 is 2.57 bits per heavy atom. The van der Waals surface area contributed by atoms with Gasteiger partial charge in [-0.1, -0.05) is 37.3 Å². The summed E-state index contributed by atoms with van der Waals surface area (Å²) in [5.74, 6) is 0.541. The summed E-state index contributed by atoms with van der Waals surface area (Å²) >= 11 is 0. The van der Waals surface area contributed by atoms with Crippen molar-refractivity contribution < 1.29 is 0 Å². The highest BCUT2D eigenvalue weighted by Gasteiger charge is 2.10. The van der Waals surface area contributed by atoms with Gasteiger partial charge >= 0.3 is 0 Å². The lowest BCUT2D eigenvalue weighted by atomic mass is 9.94. The molecule has 0 saturated heterocycles. The van der Waals surface area contributed by atoms with Crippen LogP contribution >= 0.6 is 0 Å². The minimum atomic E-state index is 0.541. The number of benzene rings is 1. The van der Waals surface area contributed by atoms with Crippen molar-refractivity contribution >= 4 is 0 Å². The van der Waals surface area contributed by atoms with Crippen LogP contribution in [0.25, 0.3) is 11.1 Å². The highest BCUT2D eigenvalue weighted by Crippen LogP contribution is 2.25. The molecule has 0 aliphatic heterocycles. The average molecular weight is 277 g/mol. The number of hydrogen-bond acceptors (Lipinski definition) is 2. The molecule has 0 amide bonds. The molecule has 0 spiro atoms. The lowest BCUT2D eigenvalue weighted by Gasteiger charge is -2.11. The van der Waals surface area contributed by atoms with Crippen LogP contribution in [-0.2, 0) is 6.42 Å². The average Bonchev–Trinajstić information content (AvgIpc) is 3.03. The van der Waals surface area contributed by atoms with Crippen LogP contribution in [-0.4, -0.2) is 15.2 Å². The van der Waals surface area contributed by atoms with Crippen LogP contribution in [0.15, 0.2) is 61.1 Å². The zero-order chi connectivity index (χ0) is 14.5. The summed E-state index contributed by atoms with van der Waals surface area (Å²) in [7, 11) is 0. The topological polar surface area (TPSA) is 41.6 Å². The van der Waals surface area contributed by atoms with Gasteiger partial charge < -0.3 is 0 Å². The maximum absolute atomic E-state index is 4.20. The van der Waals surface area contributed by atoms with Gasteiger partial charge in [-0.3, -0.25) is 10.1 Å². The molecule has 2 heterocycles. The first-order valence-corrected chi connectivity index (χ1v) is 7.32. The molecule has 3 nitrogen and oxygen atoms in total. The molecular weight excluding hydrogens is 258 g/mol. The van der Waals surface area contributed by atoms with E-state index in [-0.39, 0.29) is 0 Å². The quantitative estimate of drug-likeness (QED) is 0.759. The zero-order valence-electron chi connectivity index (χ0n) is 12.2. The Bertz CT molecular complexity index is 674. The Labute approximate surface area is 125 Å². The van der Waals surface area contributed by atoms with Gasteiger partial charge in [-0.05, 0) is 42.0 Å². The molecule has 3 heteroatoms. The number of nitrogens with one attached hydrogen (secondary N) is 1. The van der Waals surface area contributed by atoms with Crippen molar-refractivity contribution in [1.82, 2.24) is 15.2 Å². The van der Waals surface area contributed by atoms with Crippen molar-refractivity contribution in [3.05, 3.63) is 72.3 Å². The van der Waals surface area contributed by atoms with Gasteiger partial charge in [-0.15, -0.1) is 0 Å². The van der Waals surface area contributed by atoms with Crippen molar-refractivity contribution in [2.24, 2.45) is 0 Å². The molecule has 3 rings (SSSR count). The zero-order valence-corrected chi connectivity index (χ0v) is 12.2. The summed E-state index contributed by atoms with van der Waals surface area (Å²) < 4.78 is 0. The van der Waals surface area contributed by atoms with Gasteiger partial charge in [-0.2, -0.15) is 5.10 Å². The summed E-state index contributed by atoms with van der Waals surface area (Å²) in [6, 6.07) is 14.7. The molecule has 0 saturated carbocycles. The van der Waals surface area contributed by atoms with E-state index < -0.39 is 0 Å². The number of H-pyrrole nitrogens is 1. The molecule has 0 aliphatic carbocycles. The van der Waals surface area contributed by atoms with E-state index in [9.17, 15) is 0 Å². The minimum absolute atomic E-state index is 0.541. The van der Waals surface area contributed by atoms with E-state index in [1.54, 1.807) is 0 Å². The van der Waals surface area contributed by atoms with Gasteiger partial charge in [0.1, 0.15) is 0 Å². The summed E-state index contributed by atoms with van der Waals surface area (Å²) in [5.41, 5.74) is 4.94. The van der Waals surface area contributed by atoms with Gasteiger partial charge in [-0.25, -0.2) is 0 Å². The standard InChI is InChI=1S/C18H19N3/c1-14(15-5-3-2-4-6-15)7-8-18-17(13-20-21-18)16-9-11-19-12-10-16/h2-6,9-14H,7-8H2,1H3,(H,20,21).